The number of carbonyl (C=O) groups is 1. The van der Waals surface area contributed by atoms with Gasteiger partial charge in [-0.15, -0.1) is 0 Å². The zero-order valence-electron chi connectivity index (χ0n) is 18.5. The van der Waals surface area contributed by atoms with Gasteiger partial charge in [-0.25, -0.2) is 8.42 Å². The molecule has 0 N–H and O–H groups in total. The minimum Gasteiger partial charge on any atom is -0.493 e. The van der Waals surface area contributed by atoms with Gasteiger partial charge < -0.3 is 14.4 Å². The van der Waals surface area contributed by atoms with Gasteiger partial charge >= 0.3 is 0 Å². The van der Waals surface area contributed by atoms with Crippen molar-refractivity contribution in [3.05, 3.63) is 52.5 Å². The van der Waals surface area contributed by atoms with Crippen molar-refractivity contribution in [3.63, 3.8) is 0 Å². The number of hydrogen-bond donors (Lipinski definition) is 0. The SMILES string of the molecule is CCN(Cc1ccc(OC)c(OC)c1)C(=O)c1cc(S(=O)(=O)N(CC)CC)ccc1Cl. The highest BCUT2D eigenvalue weighted by molar-refractivity contribution is 7.89. The van der Waals surface area contributed by atoms with Crippen LogP contribution in [-0.2, 0) is 16.6 Å². The summed E-state index contributed by atoms with van der Waals surface area (Å²) in [7, 11) is -0.605. The molecule has 2 aromatic carbocycles. The van der Waals surface area contributed by atoms with Crippen LogP contribution in [0.5, 0.6) is 11.5 Å². The molecule has 0 fully saturated rings. The van der Waals surface area contributed by atoms with Gasteiger partial charge in [-0.2, -0.15) is 4.31 Å². The third-order valence-corrected chi connectivity index (χ3v) is 7.38. The Bertz CT molecular complexity index is 1020. The Morgan fingerprint density at radius 1 is 0.935 bits per heavy atom. The molecule has 0 atom stereocenters. The predicted octanol–water partition coefficient (Wildman–Crippen LogP) is 4.05. The molecule has 0 aliphatic rings. The Morgan fingerprint density at radius 3 is 2.13 bits per heavy atom. The Kier molecular flexibility index (Phi) is 8.73. The molecule has 31 heavy (non-hydrogen) atoms. The molecule has 0 bridgehead atoms. The van der Waals surface area contributed by atoms with Crippen LogP contribution in [0.2, 0.25) is 5.02 Å². The molecule has 170 valence electrons. The quantitative estimate of drug-likeness (QED) is 0.525. The number of nitrogens with zero attached hydrogens (tertiary/aromatic N) is 2. The highest BCUT2D eigenvalue weighted by atomic mass is 35.5. The van der Waals surface area contributed by atoms with Gasteiger partial charge in [-0.3, -0.25) is 4.79 Å². The van der Waals surface area contributed by atoms with Crippen molar-refractivity contribution in [2.45, 2.75) is 32.2 Å². The van der Waals surface area contributed by atoms with Crippen molar-refractivity contribution in [1.82, 2.24) is 9.21 Å². The van der Waals surface area contributed by atoms with Crippen LogP contribution >= 0.6 is 11.6 Å². The van der Waals surface area contributed by atoms with Crippen molar-refractivity contribution < 1.29 is 22.7 Å². The smallest absolute Gasteiger partial charge is 0.255 e. The van der Waals surface area contributed by atoms with E-state index < -0.39 is 10.0 Å². The summed E-state index contributed by atoms with van der Waals surface area (Å²) in [6, 6.07) is 9.66. The first-order valence-electron chi connectivity index (χ1n) is 10.0. The van der Waals surface area contributed by atoms with Gasteiger partial charge in [0.2, 0.25) is 10.0 Å². The number of ether oxygens (including phenoxy) is 2. The molecule has 0 heterocycles. The lowest BCUT2D eigenvalue weighted by Gasteiger charge is -2.23. The van der Waals surface area contributed by atoms with E-state index in [1.807, 2.05) is 13.0 Å². The van der Waals surface area contributed by atoms with Gasteiger partial charge in [-0.05, 0) is 42.8 Å². The fourth-order valence-corrected chi connectivity index (χ4v) is 4.92. The molecular weight excluding hydrogens is 440 g/mol. The molecule has 0 aromatic heterocycles. The highest BCUT2D eigenvalue weighted by Crippen LogP contribution is 2.29. The number of halogens is 1. The average molecular weight is 469 g/mol. The number of benzene rings is 2. The first kappa shape index (κ1) is 25.0. The van der Waals surface area contributed by atoms with Crippen molar-refractivity contribution in [3.8, 4) is 11.5 Å². The van der Waals surface area contributed by atoms with Gasteiger partial charge in [-0.1, -0.05) is 31.5 Å². The lowest BCUT2D eigenvalue weighted by atomic mass is 10.1. The summed E-state index contributed by atoms with van der Waals surface area (Å²) >= 11 is 6.29. The van der Waals surface area contributed by atoms with Crippen LogP contribution in [0, 0.1) is 0 Å². The lowest BCUT2D eigenvalue weighted by Crippen LogP contribution is -2.32. The van der Waals surface area contributed by atoms with E-state index in [-0.39, 0.29) is 21.4 Å². The Balaban J connectivity index is 2.38. The van der Waals surface area contributed by atoms with E-state index in [1.54, 1.807) is 45.1 Å². The zero-order chi connectivity index (χ0) is 23.2. The van der Waals surface area contributed by atoms with Crippen LogP contribution < -0.4 is 9.47 Å². The molecule has 9 heteroatoms. The molecule has 0 spiro atoms. The molecule has 0 saturated heterocycles. The van der Waals surface area contributed by atoms with Gasteiger partial charge in [0.15, 0.2) is 11.5 Å². The topological polar surface area (TPSA) is 76.1 Å². The van der Waals surface area contributed by atoms with Gasteiger partial charge in [0, 0.05) is 26.2 Å². The Hall–Kier alpha value is -2.29. The molecule has 0 aliphatic heterocycles. The van der Waals surface area contributed by atoms with Crippen LogP contribution in [0.15, 0.2) is 41.3 Å². The molecule has 7 nitrogen and oxygen atoms in total. The highest BCUT2D eigenvalue weighted by Gasteiger charge is 2.25. The second kappa shape index (κ2) is 10.8. The molecule has 0 unspecified atom stereocenters. The number of hydrogen-bond acceptors (Lipinski definition) is 5. The van der Waals surface area contributed by atoms with Crippen LogP contribution in [0.1, 0.15) is 36.7 Å². The van der Waals surface area contributed by atoms with E-state index in [1.165, 1.54) is 22.5 Å². The van der Waals surface area contributed by atoms with E-state index in [0.29, 0.717) is 37.7 Å². The summed E-state index contributed by atoms with van der Waals surface area (Å²) in [5, 5.41) is 0.203. The summed E-state index contributed by atoms with van der Waals surface area (Å²) in [6.45, 7) is 6.78. The van der Waals surface area contributed by atoms with Gasteiger partial charge in [0.25, 0.3) is 5.91 Å². The van der Waals surface area contributed by atoms with Gasteiger partial charge in [0.05, 0.1) is 29.7 Å². The minimum absolute atomic E-state index is 0.0473. The molecule has 1 amide bonds. The van der Waals surface area contributed by atoms with E-state index >= 15 is 0 Å². The summed E-state index contributed by atoms with van der Waals surface area (Å²) in [5.74, 6) is 0.811. The second-order valence-corrected chi connectivity index (χ2v) is 9.08. The van der Waals surface area contributed by atoms with Gasteiger partial charge in [0.1, 0.15) is 0 Å². The second-order valence-electron chi connectivity index (χ2n) is 6.74. The minimum atomic E-state index is -3.71. The maximum absolute atomic E-state index is 13.2. The Labute approximate surface area is 189 Å². The predicted molar refractivity (Wildman–Crippen MR) is 122 cm³/mol. The van der Waals surface area contributed by atoms with E-state index in [4.69, 9.17) is 21.1 Å². The number of amides is 1. The average Bonchev–Trinajstić information content (AvgIpc) is 2.77. The fourth-order valence-electron chi connectivity index (χ4n) is 3.24. The van der Waals surface area contributed by atoms with Crippen LogP contribution in [0.4, 0.5) is 0 Å². The number of sulfonamides is 1. The van der Waals surface area contributed by atoms with E-state index in [0.717, 1.165) is 5.56 Å². The van der Waals surface area contributed by atoms with E-state index in [2.05, 4.69) is 0 Å². The number of carbonyl (C=O) groups excluding carboxylic acids is 1. The first-order valence-corrected chi connectivity index (χ1v) is 11.8. The largest absolute Gasteiger partial charge is 0.493 e. The zero-order valence-corrected chi connectivity index (χ0v) is 20.1. The molecule has 0 aliphatic carbocycles. The van der Waals surface area contributed by atoms with Crippen LogP contribution in [0.25, 0.3) is 0 Å². The van der Waals surface area contributed by atoms with Crippen LogP contribution in [0.3, 0.4) is 0 Å². The van der Waals surface area contributed by atoms with Crippen molar-refractivity contribution in [2.75, 3.05) is 33.9 Å². The third kappa shape index (κ3) is 5.50. The van der Waals surface area contributed by atoms with Crippen LogP contribution in [-0.4, -0.2) is 57.4 Å². The fraction of sp³-hybridized carbons (Fsp3) is 0.409. The Morgan fingerprint density at radius 2 is 1.58 bits per heavy atom. The van der Waals surface area contributed by atoms with Crippen molar-refractivity contribution in [2.24, 2.45) is 0 Å². The number of rotatable bonds is 10. The summed E-state index contributed by atoms with van der Waals surface area (Å²) in [6.07, 6.45) is 0. The van der Waals surface area contributed by atoms with Crippen molar-refractivity contribution in [1.29, 1.82) is 0 Å². The molecule has 2 aromatic rings. The lowest BCUT2D eigenvalue weighted by molar-refractivity contribution is 0.0752. The molecule has 0 radical (unpaired) electrons. The molecule has 0 saturated carbocycles. The summed E-state index contributed by atoms with van der Waals surface area (Å²) in [5.41, 5.74) is 0.994. The maximum Gasteiger partial charge on any atom is 0.255 e. The number of methoxy groups -OCH3 is 2. The monoisotopic (exact) mass is 468 g/mol. The summed E-state index contributed by atoms with van der Waals surface area (Å²) in [4.78, 5) is 14.9. The van der Waals surface area contributed by atoms with Crippen molar-refractivity contribution >= 4 is 27.5 Å². The first-order chi connectivity index (χ1) is 14.7. The standard InChI is InChI=1S/C22H29ClN2O5S/c1-6-24(15-16-9-12-20(29-4)21(13-16)30-5)22(26)18-14-17(10-11-19(18)23)31(27,28)25(7-2)8-3/h9-14H,6-8,15H2,1-5H3. The molecule has 2 rings (SSSR count). The maximum atomic E-state index is 13.2. The molecular formula is C22H29ClN2O5S. The third-order valence-electron chi connectivity index (χ3n) is 5.00. The summed E-state index contributed by atoms with van der Waals surface area (Å²) < 4.78 is 37.7. The van der Waals surface area contributed by atoms with E-state index in [9.17, 15) is 13.2 Å². The normalized spacial score (nSPS) is 11.5.